The van der Waals surface area contributed by atoms with E-state index in [1.807, 2.05) is 0 Å². The minimum absolute atomic E-state index is 0.0749. The zero-order valence-corrected chi connectivity index (χ0v) is 23.5. The number of aromatic hydroxyl groups is 1. The van der Waals surface area contributed by atoms with Crippen molar-refractivity contribution in [2.24, 2.45) is 11.8 Å². The molecule has 0 spiro atoms. The number of rotatable bonds is 6. The maximum absolute atomic E-state index is 14.6. The lowest BCUT2D eigenvalue weighted by Gasteiger charge is -2.33. The van der Waals surface area contributed by atoms with Crippen LogP contribution in [-0.2, 0) is 25.5 Å². The van der Waals surface area contributed by atoms with Crippen LogP contribution in [0, 0.1) is 35.4 Å². The van der Waals surface area contributed by atoms with E-state index in [0.717, 1.165) is 6.07 Å². The minimum Gasteiger partial charge on any atom is -0.505 e. The van der Waals surface area contributed by atoms with Gasteiger partial charge in [0.05, 0.1) is 18.1 Å². The molecule has 1 saturated heterocycles. The van der Waals surface area contributed by atoms with Crippen LogP contribution in [0.15, 0.2) is 18.3 Å². The van der Waals surface area contributed by atoms with Gasteiger partial charge in [0.2, 0.25) is 23.6 Å². The van der Waals surface area contributed by atoms with Crippen molar-refractivity contribution in [1.29, 1.82) is 0 Å². The molecule has 0 aliphatic carbocycles. The number of ether oxygens (including phenoxy) is 1. The molecule has 2 aromatic heterocycles. The Morgan fingerprint density at radius 3 is 2.37 bits per heavy atom. The van der Waals surface area contributed by atoms with E-state index in [4.69, 9.17) is 4.74 Å². The summed E-state index contributed by atoms with van der Waals surface area (Å²) in [5.41, 5.74) is -1.63. The Bertz CT molecular complexity index is 1400. The predicted octanol–water partition coefficient (Wildman–Crippen LogP) is 1.04. The number of aliphatic hydroxyl groups excluding tert-OH is 1. The second-order valence-corrected chi connectivity index (χ2v) is 10.6. The average Bonchev–Trinajstić information content (AvgIpc) is 2.94. The summed E-state index contributed by atoms with van der Waals surface area (Å²) in [7, 11) is 0. The zero-order valence-electron chi connectivity index (χ0n) is 23.5. The van der Waals surface area contributed by atoms with E-state index in [0.29, 0.717) is 0 Å². The fourth-order valence-electron chi connectivity index (χ4n) is 4.44. The van der Waals surface area contributed by atoms with Gasteiger partial charge < -0.3 is 30.9 Å². The van der Waals surface area contributed by atoms with Crippen molar-refractivity contribution in [1.82, 2.24) is 25.9 Å². The quantitative estimate of drug-likeness (QED) is 0.181. The van der Waals surface area contributed by atoms with Crippen LogP contribution in [0.4, 0.5) is 17.6 Å². The summed E-state index contributed by atoms with van der Waals surface area (Å²) < 4.78 is 61.8. The lowest BCUT2D eigenvalue weighted by atomic mass is 9.91. The Kier molecular flexibility index (Phi) is 10.6. The number of pyridine rings is 2. The van der Waals surface area contributed by atoms with Crippen LogP contribution in [0.3, 0.4) is 0 Å². The maximum Gasteiger partial charge on any atom is 0.328 e. The molecule has 0 bridgehead atoms. The third-order valence-electron chi connectivity index (χ3n) is 6.82. The minimum atomic E-state index is -2.10. The molecular weight excluding hydrogens is 582 g/mol. The number of amides is 3. The number of nitrogens with zero attached hydrogens (tertiary/aromatic N) is 2. The third kappa shape index (κ3) is 7.74. The first-order valence-electron chi connectivity index (χ1n) is 13.2. The number of hydrogen-bond acceptors (Lipinski definition) is 9. The van der Waals surface area contributed by atoms with Gasteiger partial charge in [-0.2, -0.15) is 18.2 Å². The smallest absolute Gasteiger partial charge is 0.328 e. The van der Waals surface area contributed by atoms with Gasteiger partial charge in [-0.15, -0.1) is 0 Å². The summed E-state index contributed by atoms with van der Waals surface area (Å²) >= 11 is 0. The molecule has 3 heterocycles. The van der Waals surface area contributed by atoms with E-state index in [-0.39, 0.29) is 12.3 Å². The molecule has 1 aliphatic heterocycles. The van der Waals surface area contributed by atoms with E-state index in [1.165, 1.54) is 26.1 Å². The summed E-state index contributed by atoms with van der Waals surface area (Å²) in [5, 5.41) is 28.1. The lowest BCUT2D eigenvalue weighted by Crippen LogP contribution is -2.60. The molecule has 1 aliphatic rings. The van der Waals surface area contributed by atoms with Crippen molar-refractivity contribution in [3.05, 3.63) is 53.1 Å². The SMILES string of the molecule is CC(C)CC1NC(=O)[C@H](C)[C@H](O)[C@H](Cc2c(F)nc(F)c(F)c2F)NC(=O)[C@@H](NC(=O)c2ncccc2O)[C@@H](C)OC1=O. The largest absolute Gasteiger partial charge is 0.505 e. The number of carbonyl (C=O) groups is 4. The first kappa shape index (κ1) is 33.2. The number of hydrogen-bond donors (Lipinski definition) is 5. The Morgan fingerprint density at radius 1 is 1.07 bits per heavy atom. The highest BCUT2D eigenvalue weighted by molar-refractivity contribution is 5.98. The van der Waals surface area contributed by atoms with Gasteiger partial charge in [0.1, 0.15) is 23.9 Å². The Morgan fingerprint density at radius 2 is 1.74 bits per heavy atom. The number of carbonyl (C=O) groups excluding carboxylic acids is 4. The van der Waals surface area contributed by atoms with Crippen LogP contribution >= 0.6 is 0 Å². The van der Waals surface area contributed by atoms with Crippen molar-refractivity contribution in [2.45, 2.75) is 70.9 Å². The fourth-order valence-corrected chi connectivity index (χ4v) is 4.44. The normalized spacial score (nSPS) is 25.2. The summed E-state index contributed by atoms with van der Waals surface area (Å²) in [6, 6.07) is -2.28. The summed E-state index contributed by atoms with van der Waals surface area (Å²) in [6.45, 7) is 5.93. The van der Waals surface area contributed by atoms with Gasteiger partial charge in [0.25, 0.3) is 11.9 Å². The van der Waals surface area contributed by atoms with Crippen molar-refractivity contribution >= 4 is 23.7 Å². The molecular formula is C27H31F4N5O7. The van der Waals surface area contributed by atoms with Gasteiger partial charge in [0.15, 0.2) is 11.5 Å². The summed E-state index contributed by atoms with van der Waals surface area (Å²) in [5.74, 6) is -14.1. The van der Waals surface area contributed by atoms with Crippen molar-refractivity contribution in [2.75, 3.05) is 0 Å². The van der Waals surface area contributed by atoms with Crippen molar-refractivity contribution < 1.29 is 51.7 Å². The van der Waals surface area contributed by atoms with Crippen LogP contribution < -0.4 is 16.0 Å². The topological polar surface area (TPSA) is 180 Å². The molecule has 3 rings (SSSR count). The second-order valence-electron chi connectivity index (χ2n) is 10.6. The molecule has 5 N–H and O–H groups in total. The molecule has 6 atom stereocenters. The highest BCUT2D eigenvalue weighted by Crippen LogP contribution is 2.22. The van der Waals surface area contributed by atoms with Gasteiger partial charge in [-0.3, -0.25) is 14.4 Å². The van der Waals surface area contributed by atoms with Gasteiger partial charge in [0, 0.05) is 18.2 Å². The highest BCUT2D eigenvalue weighted by atomic mass is 19.2. The average molecular weight is 614 g/mol. The number of aromatic nitrogens is 2. The molecule has 3 amide bonds. The third-order valence-corrected chi connectivity index (χ3v) is 6.82. The molecule has 1 unspecified atom stereocenters. The number of esters is 1. The predicted molar refractivity (Wildman–Crippen MR) is 139 cm³/mol. The molecule has 234 valence electrons. The van der Waals surface area contributed by atoms with E-state index >= 15 is 0 Å². The molecule has 0 aromatic carbocycles. The fraction of sp³-hybridized carbons (Fsp3) is 0.481. The molecule has 1 fully saturated rings. The first-order chi connectivity index (χ1) is 20.1. The van der Waals surface area contributed by atoms with Crippen LogP contribution in [0.5, 0.6) is 5.75 Å². The van der Waals surface area contributed by atoms with Gasteiger partial charge in [-0.05, 0) is 31.4 Å². The van der Waals surface area contributed by atoms with E-state index in [9.17, 15) is 47.0 Å². The molecule has 0 saturated carbocycles. The van der Waals surface area contributed by atoms with E-state index in [2.05, 4.69) is 25.9 Å². The molecule has 16 heteroatoms. The standard InChI is InChI=1S/C27H31F4N5O7/c1-10(2)8-15-27(42)43-12(4)19(35-26(41)20-16(37)6-5-7-32-20)25(40)33-14(21(38)11(3)24(39)34-15)9-13-17(28)18(29)23(31)36-22(13)30/h5-7,10-12,14-15,19,21,37-38H,8-9H2,1-4H3,(H,33,40)(H,34,39)(H,35,41)/t11-,12-,14+,15?,19+,21+/m1/s1. The molecule has 2 aromatic rings. The van der Waals surface area contributed by atoms with Crippen LogP contribution in [0.1, 0.15) is 50.2 Å². The highest BCUT2D eigenvalue weighted by Gasteiger charge is 2.40. The lowest BCUT2D eigenvalue weighted by molar-refractivity contribution is -0.156. The van der Waals surface area contributed by atoms with Crippen LogP contribution in [-0.4, -0.2) is 74.2 Å². The van der Waals surface area contributed by atoms with Crippen molar-refractivity contribution in [3.8, 4) is 5.75 Å². The molecule has 0 radical (unpaired) electrons. The maximum atomic E-state index is 14.6. The number of cyclic esters (lactones) is 1. The Labute approximate surface area is 243 Å². The van der Waals surface area contributed by atoms with Gasteiger partial charge >= 0.3 is 5.97 Å². The number of halogens is 4. The molecule has 43 heavy (non-hydrogen) atoms. The van der Waals surface area contributed by atoms with Gasteiger partial charge in [-0.25, -0.2) is 14.2 Å². The monoisotopic (exact) mass is 613 g/mol. The summed E-state index contributed by atoms with van der Waals surface area (Å²) in [4.78, 5) is 59.0. The Balaban J connectivity index is 2.07. The number of aliphatic hydroxyl groups is 1. The summed E-state index contributed by atoms with van der Waals surface area (Å²) in [6.07, 6.45) is -3.13. The Hall–Kier alpha value is -4.34. The van der Waals surface area contributed by atoms with Gasteiger partial charge in [-0.1, -0.05) is 20.8 Å². The van der Waals surface area contributed by atoms with Crippen LogP contribution in [0.25, 0.3) is 0 Å². The first-order valence-corrected chi connectivity index (χ1v) is 13.2. The van der Waals surface area contributed by atoms with E-state index < -0.39 is 107 Å². The second kappa shape index (κ2) is 13.8. The van der Waals surface area contributed by atoms with E-state index in [1.54, 1.807) is 13.8 Å². The zero-order chi connectivity index (χ0) is 32.2. The van der Waals surface area contributed by atoms with Crippen molar-refractivity contribution in [3.63, 3.8) is 0 Å². The molecule has 12 nitrogen and oxygen atoms in total. The van der Waals surface area contributed by atoms with Crippen LogP contribution in [0.2, 0.25) is 0 Å². The number of nitrogens with one attached hydrogen (secondary N) is 3.